The van der Waals surface area contributed by atoms with Gasteiger partial charge in [0, 0.05) is 22.2 Å². The van der Waals surface area contributed by atoms with Crippen molar-refractivity contribution in [2.75, 3.05) is 13.2 Å². The summed E-state index contributed by atoms with van der Waals surface area (Å²) >= 11 is 13.7. The second-order valence-electron chi connectivity index (χ2n) is 9.70. The van der Waals surface area contributed by atoms with Gasteiger partial charge in [0.25, 0.3) is 5.91 Å². The molecule has 0 bridgehead atoms. The summed E-state index contributed by atoms with van der Waals surface area (Å²) in [6.45, 7) is 5.21. The lowest BCUT2D eigenvalue weighted by molar-refractivity contribution is -0.122. The lowest BCUT2D eigenvalue weighted by Crippen LogP contribution is -2.31. The van der Waals surface area contributed by atoms with Gasteiger partial charge in [-0.1, -0.05) is 83.4 Å². The Morgan fingerprint density at radius 1 is 0.905 bits per heavy atom. The minimum absolute atomic E-state index is 0.0718. The Kier molecular flexibility index (Phi) is 9.90. The molecule has 0 radical (unpaired) electrons. The van der Waals surface area contributed by atoms with Crippen LogP contribution in [0.4, 0.5) is 5.69 Å². The first kappa shape index (κ1) is 29.8. The summed E-state index contributed by atoms with van der Waals surface area (Å²) in [6, 6.07) is 29.1. The van der Waals surface area contributed by atoms with Crippen LogP contribution >= 0.6 is 35.0 Å². The van der Waals surface area contributed by atoms with E-state index in [1.807, 2.05) is 86.7 Å². The van der Waals surface area contributed by atoms with Crippen molar-refractivity contribution in [3.8, 4) is 11.5 Å². The molecule has 5 rings (SSSR count). The fourth-order valence-electron chi connectivity index (χ4n) is 4.35. The molecule has 4 aromatic rings. The molecular weight excluding hydrogens is 587 g/mol. The fraction of sp³-hybridized carbons (Fsp3) is 0.176. The number of ether oxygens (including phenoxy) is 2. The number of carbonyl (C=O) groups is 1. The number of halogens is 2. The molecule has 0 spiro atoms. The summed E-state index contributed by atoms with van der Waals surface area (Å²) in [4.78, 5) is 20.9. The first-order valence-corrected chi connectivity index (χ1v) is 15.2. The van der Waals surface area contributed by atoms with E-state index in [-0.39, 0.29) is 12.5 Å². The molecule has 42 heavy (non-hydrogen) atoms. The number of rotatable bonds is 10. The van der Waals surface area contributed by atoms with Gasteiger partial charge in [0.1, 0.15) is 6.61 Å². The van der Waals surface area contributed by atoms with Crippen LogP contribution in [0, 0.1) is 6.92 Å². The van der Waals surface area contributed by atoms with Crippen LogP contribution in [-0.4, -0.2) is 29.1 Å². The first-order chi connectivity index (χ1) is 20.4. The molecule has 0 saturated carbocycles. The molecule has 0 unspecified atom stereocenters. The summed E-state index contributed by atoms with van der Waals surface area (Å²) in [7, 11) is 0. The average Bonchev–Trinajstić information content (AvgIpc) is 3.27. The first-order valence-electron chi connectivity index (χ1n) is 13.6. The second kappa shape index (κ2) is 14.0. The number of benzene rings is 4. The van der Waals surface area contributed by atoms with Gasteiger partial charge in [-0.25, -0.2) is 4.99 Å². The molecule has 1 aliphatic heterocycles. The largest absolute Gasteiger partial charge is 0.490 e. The molecule has 1 aliphatic rings. The molecule has 4 aromatic carbocycles. The third kappa shape index (κ3) is 7.57. The van der Waals surface area contributed by atoms with Crippen molar-refractivity contribution in [2.24, 2.45) is 4.99 Å². The smallest absolute Gasteiger partial charge is 0.266 e. The number of amidine groups is 1. The molecular formula is C34H30Cl2N2O3S. The number of aryl methyl sites for hydroxylation is 1. The molecule has 0 N–H and O–H groups in total. The Morgan fingerprint density at radius 3 is 2.43 bits per heavy atom. The lowest BCUT2D eigenvalue weighted by atomic mass is 10.1. The molecule has 0 atom stereocenters. The zero-order valence-corrected chi connectivity index (χ0v) is 25.7. The van der Waals surface area contributed by atoms with Crippen molar-refractivity contribution in [1.29, 1.82) is 0 Å². The van der Waals surface area contributed by atoms with Gasteiger partial charge in [0.2, 0.25) is 0 Å². The van der Waals surface area contributed by atoms with Crippen LogP contribution in [0.25, 0.3) is 6.08 Å². The molecule has 1 amide bonds. The Morgan fingerprint density at radius 2 is 1.69 bits per heavy atom. The van der Waals surface area contributed by atoms with E-state index in [0.717, 1.165) is 28.8 Å². The van der Waals surface area contributed by atoms with Crippen molar-refractivity contribution >= 4 is 57.8 Å². The lowest BCUT2D eigenvalue weighted by Gasteiger charge is -2.15. The Balaban J connectivity index is 1.39. The molecule has 5 nitrogen and oxygen atoms in total. The summed E-state index contributed by atoms with van der Waals surface area (Å²) < 4.78 is 11.9. The van der Waals surface area contributed by atoms with Crippen molar-refractivity contribution in [1.82, 2.24) is 4.90 Å². The van der Waals surface area contributed by atoms with Gasteiger partial charge in [0.05, 0.1) is 17.2 Å². The molecule has 8 heteroatoms. The molecule has 1 fully saturated rings. The minimum atomic E-state index is -0.0718. The maximum absolute atomic E-state index is 13.7. The third-order valence-electron chi connectivity index (χ3n) is 6.58. The number of amides is 1. The van der Waals surface area contributed by atoms with Gasteiger partial charge in [-0.2, -0.15) is 0 Å². The number of nitrogens with zero attached hydrogens (tertiary/aromatic N) is 2. The van der Waals surface area contributed by atoms with Gasteiger partial charge in [-0.15, -0.1) is 0 Å². The van der Waals surface area contributed by atoms with E-state index in [0.29, 0.717) is 44.8 Å². The highest BCUT2D eigenvalue weighted by atomic mass is 35.5. The maximum Gasteiger partial charge on any atom is 0.266 e. The van der Waals surface area contributed by atoms with Crippen molar-refractivity contribution in [2.45, 2.75) is 26.9 Å². The van der Waals surface area contributed by atoms with Gasteiger partial charge in [0.15, 0.2) is 16.7 Å². The van der Waals surface area contributed by atoms with Crippen LogP contribution in [0.5, 0.6) is 11.5 Å². The Labute approximate surface area is 260 Å². The van der Waals surface area contributed by atoms with Crippen LogP contribution in [0.2, 0.25) is 10.0 Å². The minimum Gasteiger partial charge on any atom is -0.490 e. The van der Waals surface area contributed by atoms with E-state index in [4.69, 9.17) is 37.7 Å². The monoisotopic (exact) mass is 616 g/mol. The average molecular weight is 618 g/mol. The number of aliphatic imine (C=N–C) groups is 1. The molecule has 1 heterocycles. The highest BCUT2D eigenvalue weighted by molar-refractivity contribution is 8.18. The van der Waals surface area contributed by atoms with Gasteiger partial charge in [-0.05, 0) is 85.6 Å². The molecule has 0 aromatic heterocycles. The van der Waals surface area contributed by atoms with Gasteiger partial charge >= 0.3 is 0 Å². The van der Waals surface area contributed by atoms with Crippen LogP contribution in [-0.2, 0) is 17.8 Å². The zero-order valence-electron chi connectivity index (χ0n) is 23.3. The SMILES string of the molecule is CCOc1cc(/C=C2/SC(=Nc3ccc(C)cc3)N(CCc3ccccc3)C2=O)ccc1OCc1ccc(Cl)cc1Cl. The van der Waals surface area contributed by atoms with E-state index in [9.17, 15) is 4.79 Å². The molecule has 214 valence electrons. The van der Waals surface area contributed by atoms with Crippen LogP contribution < -0.4 is 9.47 Å². The fourth-order valence-corrected chi connectivity index (χ4v) is 5.84. The zero-order chi connectivity index (χ0) is 29.5. The van der Waals surface area contributed by atoms with Crippen LogP contribution in [0.15, 0.2) is 101 Å². The highest BCUT2D eigenvalue weighted by Crippen LogP contribution is 2.36. The van der Waals surface area contributed by atoms with Crippen molar-refractivity contribution in [3.63, 3.8) is 0 Å². The van der Waals surface area contributed by atoms with Crippen LogP contribution in [0.1, 0.15) is 29.2 Å². The number of hydrogen-bond acceptors (Lipinski definition) is 5. The second-order valence-corrected chi connectivity index (χ2v) is 11.5. The van der Waals surface area contributed by atoms with Gasteiger partial charge < -0.3 is 9.47 Å². The normalized spacial score (nSPS) is 15.0. The standard InChI is InChI=1S/C34H30Cl2N2O3S/c1-3-40-31-19-25(11-16-30(31)41-22-26-12-13-27(35)21-29(26)36)20-32-33(39)38(18-17-24-7-5-4-6-8-24)34(42-32)37-28-14-9-23(2)10-15-28/h4-16,19-21H,3,17-18,22H2,1-2H3/b32-20+,37-34?. The number of hydrogen-bond donors (Lipinski definition) is 0. The predicted molar refractivity (Wildman–Crippen MR) is 174 cm³/mol. The summed E-state index contributed by atoms with van der Waals surface area (Å²) in [5, 5.41) is 1.77. The van der Waals surface area contributed by atoms with E-state index in [2.05, 4.69) is 12.1 Å². The third-order valence-corrected chi connectivity index (χ3v) is 8.17. The van der Waals surface area contributed by atoms with Crippen molar-refractivity contribution < 1.29 is 14.3 Å². The predicted octanol–water partition coefficient (Wildman–Crippen LogP) is 9.13. The summed E-state index contributed by atoms with van der Waals surface area (Å²) in [6.07, 6.45) is 2.61. The Hall–Kier alpha value is -3.71. The van der Waals surface area contributed by atoms with E-state index in [1.165, 1.54) is 17.3 Å². The maximum atomic E-state index is 13.7. The van der Waals surface area contributed by atoms with Gasteiger partial charge in [-0.3, -0.25) is 9.69 Å². The topological polar surface area (TPSA) is 51.1 Å². The summed E-state index contributed by atoms with van der Waals surface area (Å²) in [5.74, 6) is 1.10. The van der Waals surface area contributed by atoms with E-state index < -0.39 is 0 Å². The highest BCUT2D eigenvalue weighted by Gasteiger charge is 2.33. The van der Waals surface area contributed by atoms with Crippen molar-refractivity contribution in [3.05, 3.63) is 128 Å². The van der Waals surface area contributed by atoms with E-state index in [1.54, 1.807) is 17.0 Å². The number of carbonyl (C=O) groups excluding carboxylic acids is 1. The molecule has 0 aliphatic carbocycles. The quantitative estimate of drug-likeness (QED) is 0.167. The van der Waals surface area contributed by atoms with Crippen LogP contribution in [0.3, 0.4) is 0 Å². The molecule has 1 saturated heterocycles. The number of thioether (sulfide) groups is 1. The Bertz CT molecular complexity index is 1620. The summed E-state index contributed by atoms with van der Waals surface area (Å²) in [5.41, 5.74) is 4.77. The van der Waals surface area contributed by atoms with E-state index >= 15 is 0 Å².